The molecule has 0 aliphatic carbocycles. The van der Waals surface area contributed by atoms with Crippen molar-refractivity contribution in [1.29, 1.82) is 0 Å². The highest BCUT2D eigenvalue weighted by atomic mass is 16.5. The number of carbonyl (C=O) groups is 1. The molecule has 0 radical (unpaired) electrons. The van der Waals surface area contributed by atoms with Crippen LogP contribution >= 0.6 is 0 Å². The van der Waals surface area contributed by atoms with Gasteiger partial charge in [0.15, 0.2) is 0 Å². The van der Waals surface area contributed by atoms with Gasteiger partial charge in [0.25, 0.3) is 5.91 Å². The summed E-state index contributed by atoms with van der Waals surface area (Å²) in [4.78, 5) is 12.1. The maximum atomic E-state index is 12.1. The van der Waals surface area contributed by atoms with E-state index in [4.69, 9.17) is 9.94 Å². The predicted molar refractivity (Wildman–Crippen MR) is 72.6 cm³/mol. The van der Waals surface area contributed by atoms with Crippen LogP contribution in [0.25, 0.3) is 0 Å². The van der Waals surface area contributed by atoms with Gasteiger partial charge in [0.05, 0.1) is 5.71 Å². The van der Waals surface area contributed by atoms with E-state index in [2.05, 4.69) is 10.5 Å². The zero-order chi connectivity index (χ0) is 13.8. The van der Waals surface area contributed by atoms with Gasteiger partial charge in [-0.2, -0.15) is 0 Å². The van der Waals surface area contributed by atoms with Crippen LogP contribution < -0.4 is 5.32 Å². The van der Waals surface area contributed by atoms with Crippen LogP contribution in [0.15, 0.2) is 29.4 Å². The fourth-order valence-corrected chi connectivity index (χ4v) is 2.20. The maximum absolute atomic E-state index is 12.1. The summed E-state index contributed by atoms with van der Waals surface area (Å²) in [7, 11) is 0. The van der Waals surface area contributed by atoms with Gasteiger partial charge in [-0.05, 0) is 25.3 Å². The summed E-state index contributed by atoms with van der Waals surface area (Å²) < 4.78 is 5.43. The molecule has 1 amide bonds. The van der Waals surface area contributed by atoms with Crippen molar-refractivity contribution in [3.8, 4) is 0 Å². The van der Waals surface area contributed by atoms with Gasteiger partial charge >= 0.3 is 0 Å². The molecule has 2 unspecified atom stereocenters. The van der Waals surface area contributed by atoms with Crippen molar-refractivity contribution in [1.82, 2.24) is 0 Å². The van der Waals surface area contributed by atoms with E-state index in [0.717, 1.165) is 6.42 Å². The minimum Gasteiger partial charge on any atom is -0.411 e. The Morgan fingerprint density at radius 1 is 1.47 bits per heavy atom. The highest BCUT2D eigenvalue weighted by Gasteiger charge is 2.31. The van der Waals surface area contributed by atoms with Crippen LogP contribution in [0.1, 0.15) is 25.8 Å². The monoisotopic (exact) mass is 262 g/mol. The molecule has 1 aliphatic rings. The van der Waals surface area contributed by atoms with Crippen LogP contribution in [-0.2, 0) is 9.53 Å². The number of para-hydroxylation sites is 1. The van der Waals surface area contributed by atoms with Crippen molar-refractivity contribution < 1.29 is 14.7 Å². The standard InChI is InChI=1S/C14H18N2O3/c1-9-7-8-19-13(9)14(17)15-12-6-4-3-5-11(12)10(2)16-18/h3-6,9,13,18H,7-8H2,1-2H3,(H,15,17)/b16-10+. The quantitative estimate of drug-likeness (QED) is 0.498. The van der Waals surface area contributed by atoms with E-state index in [-0.39, 0.29) is 11.8 Å². The SMILES string of the molecule is C/C(=N\O)c1ccccc1NC(=O)C1OCCC1C. The maximum Gasteiger partial charge on any atom is 0.253 e. The Morgan fingerprint density at radius 2 is 2.21 bits per heavy atom. The van der Waals surface area contributed by atoms with E-state index < -0.39 is 6.10 Å². The lowest BCUT2D eigenvalue weighted by Gasteiger charge is -2.16. The summed E-state index contributed by atoms with van der Waals surface area (Å²) in [5, 5.41) is 14.9. The van der Waals surface area contributed by atoms with Gasteiger partial charge in [0.2, 0.25) is 0 Å². The number of ether oxygens (including phenoxy) is 1. The molecule has 2 N–H and O–H groups in total. The second kappa shape index (κ2) is 5.84. The lowest BCUT2D eigenvalue weighted by Crippen LogP contribution is -2.31. The molecular weight excluding hydrogens is 244 g/mol. The van der Waals surface area contributed by atoms with Crippen molar-refractivity contribution in [2.45, 2.75) is 26.4 Å². The van der Waals surface area contributed by atoms with E-state index in [1.54, 1.807) is 19.1 Å². The zero-order valence-electron chi connectivity index (χ0n) is 11.1. The van der Waals surface area contributed by atoms with Gasteiger partial charge in [-0.3, -0.25) is 4.79 Å². The Balaban J connectivity index is 2.17. The van der Waals surface area contributed by atoms with Crippen LogP contribution in [0.3, 0.4) is 0 Å². The smallest absolute Gasteiger partial charge is 0.253 e. The summed E-state index contributed by atoms with van der Waals surface area (Å²) in [5.41, 5.74) is 1.78. The largest absolute Gasteiger partial charge is 0.411 e. The highest BCUT2D eigenvalue weighted by molar-refractivity contribution is 6.06. The number of carbonyl (C=O) groups excluding carboxylic acids is 1. The van der Waals surface area contributed by atoms with Crippen LogP contribution in [0, 0.1) is 5.92 Å². The van der Waals surface area contributed by atoms with Gasteiger partial charge in [0.1, 0.15) is 6.10 Å². The first-order chi connectivity index (χ1) is 9.13. The number of amides is 1. The van der Waals surface area contributed by atoms with Crippen LogP contribution in [0.5, 0.6) is 0 Å². The minimum absolute atomic E-state index is 0.150. The highest BCUT2D eigenvalue weighted by Crippen LogP contribution is 2.23. The van der Waals surface area contributed by atoms with Gasteiger partial charge < -0.3 is 15.3 Å². The van der Waals surface area contributed by atoms with Crippen LogP contribution in [0.2, 0.25) is 0 Å². The molecule has 19 heavy (non-hydrogen) atoms. The number of nitrogens with zero attached hydrogens (tertiary/aromatic N) is 1. The molecule has 102 valence electrons. The molecule has 1 aliphatic heterocycles. The Hall–Kier alpha value is -1.88. The summed E-state index contributed by atoms with van der Waals surface area (Å²) in [5.74, 6) is 0.0722. The zero-order valence-corrected chi connectivity index (χ0v) is 11.1. The normalized spacial score (nSPS) is 23.4. The molecule has 1 aromatic rings. The average molecular weight is 262 g/mol. The van der Waals surface area contributed by atoms with Crippen molar-refractivity contribution in [3.63, 3.8) is 0 Å². The van der Waals surface area contributed by atoms with E-state index >= 15 is 0 Å². The second-order valence-corrected chi connectivity index (χ2v) is 4.78. The molecule has 0 aromatic heterocycles. The molecule has 0 bridgehead atoms. The number of nitrogens with one attached hydrogen (secondary N) is 1. The van der Waals surface area contributed by atoms with Crippen molar-refractivity contribution in [2.75, 3.05) is 11.9 Å². The van der Waals surface area contributed by atoms with E-state index in [1.165, 1.54) is 0 Å². The summed E-state index contributed by atoms with van der Waals surface area (Å²) in [6, 6.07) is 7.22. The molecule has 1 heterocycles. The van der Waals surface area contributed by atoms with Crippen molar-refractivity contribution >= 4 is 17.3 Å². The number of hydrogen-bond donors (Lipinski definition) is 2. The molecule has 1 fully saturated rings. The van der Waals surface area contributed by atoms with Gasteiger partial charge in [-0.15, -0.1) is 0 Å². The molecular formula is C14H18N2O3. The molecule has 5 nitrogen and oxygen atoms in total. The Labute approximate surface area is 112 Å². The van der Waals surface area contributed by atoms with Gasteiger partial charge in [-0.25, -0.2) is 0 Å². The lowest BCUT2D eigenvalue weighted by molar-refractivity contribution is -0.126. The third-order valence-electron chi connectivity index (χ3n) is 3.37. The second-order valence-electron chi connectivity index (χ2n) is 4.78. The molecule has 1 aromatic carbocycles. The molecule has 0 saturated carbocycles. The van der Waals surface area contributed by atoms with Gasteiger partial charge in [0, 0.05) is 17.9 Å². The third-order valence-corrected chi connectivity index (χ3v) is 3.37. The molecule has 2 atom stereocenters. The Kier molecular flexibility index (Phi) is 4.16. The molecule has 1 saturated heterocycles. The Morgan fingerprint density at radius 3 is 2.84 bits per heavy atom. The first-order valence-corrected chi connectivity index (χ1v) is 6.34. The fraction of sp³-hybridized carbons (Fsp3) is 0.429. The average Bonchev–Trinajstić information content (AvgIpc) is 2.85. The van der Waals surface area contributed by atoms with Crippen molar-refractivity contribution in [3.05, 3.63) is 29.8 Å². The molecule has 5 heteroatoms. The molecule has 0 spiro atoms. The summed E-state index contributed by atoms with van der Waals surface area (Å²) in [6.45, 7) is 4.31. The number of rotatable bonds is 3. The van der Waals surface area contributed by atoms with Crippen LogP contribution in [-0.4, -0.2) is 29.5 Å². The van der Waals surface area contributed by atoms with E-state index in [9.17, 15) is 4.79 Å². The topological polar surface area (TPSA) is 70.9 Å². The fourth-order valence-electron chi connectivity index (χ4n) is 2.20. The van der Waals surface area contributed by atoms with E-state index in [0.29, 0.717) is 23.6 Å². The first kappa shape index (κ1) is 13.5. The van der Waals surface area contributed by atoms with Gasteiger partial charge in [-0.1, -0.05) is 30.3 Å². The Bertz CT molecular complexity index is 499. The van der Waals surface area contributed by atoms with Crippen molar-refractivity contribution in [2.24, 2.45) is 11.1 Å². The molecule has 2 rings (SSSR count). The van der Waals surface area contributed by atoms with Crippen LogP contribution in [0.4, 0.5) is 5.69 Å². The predicted octanol–water partition coefficient (Wildman–Crippen LogP) is 2.25. The summed E-state index contributed by atoms with van der Waals surface area (Å²) in [6.07, 6.45) is 0.496. The number of hydrogen-bond acceptors (Lipinski definition) is 4. The van der Waals surface area contributed by atoms with E-state index in [1.807, 2.05) is 19.1 Å². The third kappa shape index (κ3) is 2.93. The lowest BCUT2D eigenvalue weighted by atomic mass is 10.0. The minimum atomic E-state index is -0.403. The first-order valence-electron chi connectivity index (χ1n) is 6.34. The number of benzene rings is 1. The summed E-state index contributed by atoms with van der Waals surface area (Å²) >= 11 is 0. The number of oxime groups is 1. The number of anilines is 1.